The Morgan fingerprint density at radius 3 is 2.26 bits per heavy atom. The molecule has 1 amide bonds. The Morgan fingerprint density at radius 2 is 1.84 bits per heavy atom. The van der Waals surface area contributed by atoms with E-state index in [1.807, 2.05) is 4.90 Å². The van der Waals surface area contributed by atoms with Gasteiger partial charge in [0.2, 0.25) is 0 Å². The van der Waals surface area contributed by atoms with Crippen LogP contribution in [0.2, 0.25) is 0 Å². The Balaban J connectivity index is 2.64. The molecule has 108 valence electrons. The molecule has 19 heavy (non-hydrogen) atoms. The predicted octanol–water partition coefficient (Wildman–Crippen LogP) is -0.493. The first kappa shape index (κ1) is 15.7. The van der Waals surface area contributed by atoms with Gasteiger partial charge in [0.15, 0.2) is 0 Å². The molecule has 0 aromatic rings. The van der Waals surface area contributed by atoms with Gasteiger partial charge in [-0.05, 0) is 13.8 Å². The lowest BCUT2D eigenvalue weighted by Crippen LogP contribution is -2.57. The SMILES string of the molecule is COC(=O)NS(=O)(=O)N1CCN(C(C)(C)C#N)CC1. The molecule has 1 heterocycles. The Labute approximate surface area is 113 Å². The lowest BCUT2D eigenvalue weighted by molar-refractivity contribution is 0.114. The summed E-state index contributed by atoms with van der Waals surface area (Å²) in [6.07, 6.45) is -1.01. The predicted molar refractivity (Wildman–Crippen MR) is 67.3 cm³/mol. The largest absolute Gasteiger partial charge is 0.452 e. The summed E-state index contributed by atoms with van der Waals surface area (Å²) in [4.78, 5) is 12.8. The molecule has 1 fully saturated rings. The van der Waals surface area contributed by atoms with E-state index in [0.29, 0.717) is 13.1 Å². The second-order valence-electron chi connectivity index (χ2n) is 4.66. The van der Waals surface area contributed by atoms with E-state index >= 15 is 0 Å². The van der Waals surface area contributed by atoms with Crippen molar-refractivity contribution < 1.29 is 17.9 Å². The molecule has 1 saturated heterocycles. The van der Waals surface area contributed by atoms with Crippen molar-refractivity contribution in [1.82, 2.24) is 13.9 Å². The monoisotopic (exact) mass is 290 g/mol. The molecule has 1 rings (SSSR count). The Bertz CT molecular complexity index is 474. The van der Waals surface area contributed by atoms with Crippen LogP contribution in [0.15, 0.2) is 0 Å². The van der Waals surface area contributed by atoms with Crippen LogP contribution < -0.4 is 4.72 Å². The minimum atomic E-state index is -3.87. The second-order valence-corrected chi connectivity index (χ2v) is 6.33. The van der Waals surface area contributed by atoms with Crippen LogP contribution in [0.1, 0.15) is 13.8 Å². The highest BCUT2D eigenvalue weighted by Crippen LogP contribution is 2.16. The number of amides is 1. The number of hydrogen-bond donors (Lipinski definition) is 1. The maximum Gasteiger partial charge on any atom is 0.421 e. The van der Waals surface area contributed by atoms with Gasteiger partial charge in [-0.25, -0.2) is 9.52 Å². The van der Waals surface area contributed by atoms with Crippen molar-refractivity contribution in [1.29, 1.82) is 5.26 Å². The number of carbonyl (C=O) groups excluding carboxylic acids is 1. The molecule has 0 aromatic heterocycles. The molecule has 0 aromatic carbocycles. The van der Waals surface area contributed by atoms with E-state index in [2.05, 4.69) is 10.8 Å². The molecule has 1 aliphatic rings. The number of carbonyl (C=O) groups is 1. The van der Waals surface area contributed by atoms with E-state index in [-0.39, 0.29) is 13.1 Å². The van der Waals surface area contributed by atoms with Crippen molar-refractivity contribution in [3.63, 3.8) is 0 Å². The first-order chi connectivity index (χ1) is 8.73. The van der Waals surface area contributed by atoms with Crippen LogP contribution in [0, 0.1) is 11.3 Å². The van der Waals surface area contributed by atoms with Gasteiger partial charge in [-0.1, -0.05) is 0 Å². The fourth-order valence-electron chi connectivity index (χ4n) is 1.77. The number of ether oxygens (including phenoxy) is 1. The molecule has 8 nitrogen and oxygen atoms in total. The first-order valence-corrected chi connectivity index (χ1v) is 7.19. The van der Waals surface area contributed by atoms with Crippen molar-refractivity contribution in [3.8, 4) is 6.07 Å². The number of methoxy groups -OCH3 is 1. The number of piperazine rings is 1. The molecule has 0 atom stereocenters. The summed E-state index contributed by atoms with van der Waals surface area (Å²) in [5, 5.41) is 9.03. The van der Waals surface area contributed by atoms with Crippen molar-refractivity contribution in [2.24, 2.45) is 0 Å². The van der Waals surface area contributed by atoms with Crippen molar-refractivity contribution >= 4 is 16.3 Å². The third-order valence-corrected chi connectivity index (χ3v) is 4.51. The molecule has 9 heteroatoms. The Kier molecular flexibility index (Phi) is 4.73. The van der Waals surface area contributed by atoms with E-state index in [1.54, 1.807) is 18.6 Å². The maximum atomic E-state index is 11.8. The average Bonchev–Trinajstić information content (AvgIpc) is 2.38. The van der Waals surface area contributed by atoms with E-state index in [0.717, 1.165) is 11.4 Å². The van der Waals surface area contributed by atoms with Gasteiger partial charge in [0, 0.05) is 26.2 Å². The highest BCUT2D eigenvalue weighted by atomic mass is 32.2. The summed E-state index contributed by atoms with van der Waals surface area (Å²) >= 11 is 0. The van der Waals surface area contributed by atoms with Crippen LogP contribution in [-0.4, -0.2) is 62.5 Å². The number of hydrogen-bond acceptors (Lipinski definition) is 6. The summed E-state index contributed by atoms with van der Waals surface area (Å²) in [6, 6.07) is 2.17. The van der Waals surface area contributed by atoms with E-state index in [1.165, 1.54) is 0 Å². The molecular formula is C10H18N4O4S. The highest BCUT2D eigenvalue weighted by molar-refractivity contribution is 7.87. The van der Waals surface area contributed by atoms with Crippen molar-refractivity contribution in [2.45, 2.75) is 19.4 Å². The molecular weight excluding hydrogens is 272 g/mol. The molecule has 0 bridgehead atoms. The smallest absolute Gasteiger partial charge is 0.421 e. The van der Waals surface area contributed by atoms with Gasteiger partial charge in [0.05, 0.1) is 13.2 Å². The topological polar surface area (TPSA) is 103 Å². The van der Waals surface area contributed by atoms with Crippen LogP contribution in [-0.2, 0) is 14.9 Å². The van der Waals surface area contributed by atoms with Gasteiger partial charge in [0.25, 0.3) is 0 Å². The average molecular weight is 290 g/mol. The Hall–Kier alpha value is -1.37. The van der Waals surface area contributed by atoms with Gasteiger partial charge >= 0.3 is 16.3 Å². The fourth-order valence-corrected chi connectivity index (χ4v) is 2.84. The zero-order valence-corrected chi connectivity index (χ0v) is 12.0. The third-order valence-electron chi connectivity index (χ3n) is 3.04. The molecule has 1 aliphatic heterocycles. The number of nitrogens with zero attached hydrogens (tertiary/aromatic N) is 3. The quantitative estimate of drug-likeness (QED) is 0.752. The molecule has 1 N–H and O–H groups in total. The minimum Gasteiger partial charge on any atom is -0.452 e. The van der Waals surface area contributed by atoms with Gasteiger partial charge in [0.1, 0.15) is 5.54 Å². The van der Waals surface area contributed by atoms with Gasteiger partial charge in [-0.15, -0.1) is 0 Å². The first-order valence-electron chi connectivity index (χ1n) is 5.75. The summed E-state index contributed by atoms with van der Waals surface area (Å²) in [5.41, 5.74) is -0.633. The van der Waals surface area contributed by atoms with Crippen LogP contribution in [0.5, 0.6) is 0 Å². The van der Waals surface area contributed by atoms with E-state index in [4.69, 9.17) is 5.26 Å². The second kappa shape index (κ2) is 5.73. The van der Waals surface area contributed by atoms with Gasteiger partial charge in [-0.3, -0.25) is 4.90 Å². The normalized spacial score (nSPS) is 18.6. The summed E-state index contributed by atoms with van der Waals surface area (Å²) < 4.78 is 30.8. The lowest BCUT2D eigenvalue weighted by Gasteiger charge is -2.39. The van der Waals surface area contributed by atoms with E-state index in [9.17, 15) is 13.2 Å². The zero-order valence-electron chi connectivity index (χ0n) is 11.2. The van der Waals surface area contributed by atoms with Crippen LogP contribution in [0.25, 0.3) is 0 Å². The van der Waals surface area contributed by atoms with Gasteiger partial charge < -0.3 is 4.74 Å². The maximum absolute atomic E-state index is 11.8. The summed E-state index contributed by atoms with van der Waals surface area (Å²) in [5.74, 6) is 0. The molecule has 0 aliphatic carbocycles. The third kappa shape index (κ3) is 3.79. The number of nitriles is 1. The molecule has 0 saturated carbocycles. The zero-order chi connectivity index (χ0) is 14.7. The molecule has 0 spiro atoms. The van der Waals surface area contributed by atoms with Crippen LogP contribution in [0.3, 0.4) is 0 Å². The molecule has 0 radical (unpaired) electrons. The van der Waals surface area contributed by atoms with E-state index < -0.39 is 21.8 Å². The number of nitrogens with one attached hydrogen (secondary N) is 1. The summed E-state index contributed by atoms with van der Waals surface area (Å²) in [7, 11) is -2.78. The Morgan fingerprint density at radius 1 is 1.32 bits per heavy atom. The number of rotatable bonds is 3. The lowest BCUT2D eigenvalue weighted by atomic mass is 10.0. The minimum absolute atomic E-state index is 0.220. The van der Waals surface area contributed by atoms with Crippen molar-refractivity contribution in [3.05, 3.63) is 0 Å². The summed E-state index contributed by atoms with van der Waals surface area (Å²) in [6.45, 7) is 4.87. The highest BCUT2D eigenvalue weighted by Gasteiger charge is 2.34. The molecule has 0 unspecified atom stereocenters. The van der Waals surface area contributed by atoms with Crippen LogP contribution >= 0.6 is 0 Å². The van der Waals surface area contributed by atoms with Gasteiger partial charge in [-0.2, -0.15) is 18.0 Å². The standard InChI is InChI=1S/C10H18N4O4S/c1-10(2,8-11)13-4-6-14(7-5-13)19(16,17)12-9(15)18-3/h4-7H2,1-3H3,(H,12,15). The fraction of sp³-hybridized carbons (Fsp3) is 0.800. The van der Waals surface area contributed by atoms with Crippen LogP contribution in [0.4, 0.5) is 4.79 Å². The van der Waals surface area contributed by atoms with Crippen molar-refractivity contribution in [2.75, 3.05) is 33.3 Å².